The smallest absolute Gasteiger partial charge is 0.185 e. The van der Waals surface area contributed by atoms with Crippen molar-refractivity contribution in [3.05, 3.63) is 59.2 Å². The van der Waals surface area contributed by atoms with Gasteiger partial charge in [-0.2, -0.15) is 0 Å². The van der Waals surface area contributed by atoms with E-state index in [0.717, 1.165) is 35.5 Å². The fraction of sp³-hybridized carbons (Fsp3) is 0.400. The van der Waals surface area contributed by atoms with Gasteiger partial charge in [-0.15, -0.1) is 0 Å². The zero-order valence-electron chi connectivity index (χ0n) is 18.2. The molecule has 0 bridgehead atoms. The normalized spacial score (nSPS) is 11.6. The van der Waals surface area contributed by atoms with Gasteiger partial charge in [-0.25, -0.2) is 0 Å². The Morgan fingerprint density at radius 2 is 1.55 bits per heavy atom. The van der Waals surface area contributed by atoms with Crippen molar-refractivity contribution in [1.82, 2.24) is 0 Å². The quantitative estimate of drug-likeness (QED) is 0.319. The van der Waals surface area contributed by atoms with Crippen LogP contribution >= 0.6 is 0 Å². The minimum atomic E-state index is -0.101. The molecule has 0 aliphatic carbocycles. The van der Waals surface area contributed by atoms with Gasteiger partial charge in [-0.1, -0.05) is 34.6 Å². The molecule has 0 fully saturated rings. The highest BCUT2D eigenvalue weighted by atomic mass is 16.5. The predicted octanol–water partition coefficient (Wildman–Crippen LogP) is 6.04. The Kier molecular flexibility index (Phi) is 7.89. The maximum absolute atomic E-state index is 12.6. The summed E-state index contributed by atoms with van der Waals surface area (Å²) in [5, 5.41) is 0. The van der Waals surface area contributed by atoms with E-state index in [-0.39, 0.29) is 11.2 Å². The van der Waals surface area contributed by atoms with Crippen LogP contribution in [0.4, 0.5) is 5.69 Å². The molecule has 4 nitrogen and oxygen atoms in total. The number of carbonyl (C=O) groups excluding carboxylic acids is 1. The summed E-state index contributed by atoms with van der Waals surface area (Å²) in [7, 11) is 0. The van der Waals surface area contributed by atoms with Crippen LogP contribution in [0.25, 0.3) is 6.08 Å². The summed E-state index contributed by atoms with van der Waals surface area (Å²) < 4.78 is 12.0. The third-order valence-electron chi connectivity index (χ3n) is 4.45. The molecule has 0 unspecified atom stereocenters. The van der Waals surface area contributed by atoms with E-state index in [4.69, 9.17) is 15.2 Å². The minimum absolute atomic E-state index is 0.0740. The third-order valence-corrected chi connectivity index (χ3v) is 4.45. The Balaban J connectivity index is 2.43. The molecule has 2 N–H and O–H groups in total. The fourth-order valence-electron chi connectivity index (χ4n) is 2.87. The van der Waals surface area contributed by atoms with Crippen LogP contribution in [0.2, 0.25) is 0 Å². The second-order valence-corrected chi connectivity index (χ2v) is 8.15. The predicted molar refractivity (Wildman–Crippen MR) is 121 cm³/mol. The number of ketones is 1. The number of rotatable bonds is 9. The molecule has 0 aliphatic heterocycles. The zero-order valence-corrected chi connectivity index (χ0v) is 18.2. The molecule has 0 aliphatic rings. The SMILES string of the molecule is CCCOc1cc(OCCC)c(C(C)(C)C)cc1/C=C/C(=O)c1ccc(N)cc1. The molecule has 0 heterocycles. The lowest BCUT2D eigenvalue weighted by molar-refractivity contribution is 0.104. The number of nitrogens with two attached hydrogens (primary N) is 1. The number of carbonyl (C=O) groups is 1. The maximum Gasteiger partial charge on any atom is 0.185 e. The molecule has 0 amide bonds. The molecule has 4 heteroatoms. The van der Waals surface area contributed by atoms with E-state index in [1.165, 1.54) is 0 Å². The number of nitrogen functional groups attached to an aromatic ring is 1. The summed E-state index contributed by atoms with van der Waals surface area (Å²) in [6, 6.07) is 11.0. The van der Waals surface area contributed by atoms with Gasteiger partial charge in [0.2, 0.25) is 0 Å². The van der Waals surface area contributed by atoms with Gasteiger partial charge in [0.15, 0.2) is 5.78 Å². The van der Waals surface area contributed by atoms with Crippen LogP contribution in [0.15, 0.2) is 42.5 Å². The average Bonchev–Trinajstić information content (AvgIpc) is 2.68. The molecule has 29 heavy (non-hydrogen) atoms. The van der Waals surface area contributed by atoms with Gasteiger partial charge in [0, 0.05) is 28.4 Å². The summed E-state index contributed by atoms with van der Waals surface area (Å²) in [4.78, 5) is 12.6. The number of anilines is 1. The van der Waals surface area contributed by atoms with E-state index in [1.54, 1.807) is 30.3 Å². The molecular formula is C25H33NO3. The maximum atomic E-state index is 12.6. The number of ether oxygens (including phenoxy) is 2. The lowest BCUT2D eigenvalue weighted by Crippen LogP contribution is -2.15. The summed E-state index contributed by atoms with van der Waals surface area (Å²) in [6.07, 6.45) is 5.24. The van der Waals surface area contributed by atoms with Gasteiger partial charge in [0.1, 0.15) is 11.5 Å². The minimum Gasteiger partial charge on any atom is -0.493 e. The van der Waals surface area contributed by atoms with E-state index >= 15 is 0 Å². The molecule has 2 aromatic carbocycles. The van der Waals surface area contributed by atoms with Crippen molar-refractivity contribution in [3.8, 4) is 11.5 Å². The second kappa shape index (κ2) is 10.1. The number of hydrogen-bond donors (Lipinski definition) is 1. The first-order valence-corrected chi connectivity index (χ1v) is 10.3. The highest BCUT2D eigenvalue weighted by Crippen LogP contribution is 2.37. The average molecular weight is 396 g/mol. The van der Waals surface area contributed by atoms with Crippen molar-refractivity contribution in [2.24, 2.45) is 0 Å². The summed E-state index contributed by atoms with van der Waals surface area (Å²) in [5.74, 6) is 1.50. The lowest BCUT2D eigenvalue weighted by atomic mass is 9.85. The molecule has 0 saturated carbocycles. The monoisotopic (exact) mass is 395 g/mol. The van der Waals surface area contributed by atoms with Gasteiger partial charge in [-0.05, 0) is 60.7 Å². The Bertz CT molecular complexity index is 846. The largest absolute Gasteiger partial charge is 0.493 e. The van der Waals surface area contributed by atoms with E-state index in [9.17, 15) is 4.79 Å². The number of allylic oxidation sites excluding steroid dienone is 1. The standard InChI is InChI=1S/C25H33NO3/c1-6-14-28-23-17-24(29-15-7-2)21(25(3,4)5)16-19(23)10-13-22(27)18-8-11-20(26)12-9-18/h8-13,16-17H,6-7,14-15,26H2,1-5H3/b13-10+. The topological polar surface area (TPSA) is 61.5 Å². The van der Waals surface area contributed by atoms with E-state index in [1.807, 2.05) is 12.1 Å². The fourth-order valence-corrected chi connectivity index (χ4v) is 2.87. The molecule has 0 atom stereocenters. The van der Waals surface area contributed by atoms with Crippen LogP contribution in [-0.2, 0) is 5.41 Å². The van der Waals surface area contributed by atoms with Crippen LogP contribution in [0.1, 0.15) is 68.9 Å². The van der Waals surface area contributed by atoms with Gasteiger partial charge < -0.3 is 15.2 Å². The summed E-state index contributed by atoms with van der Waals surface area (Å²) >= 11 is 0. The first kappa shape index (κ1) is 22.5. The highest BCUT2D eigenvalue weighted by Gasteiger charge is 2.22. The molecule has 156 valence electrons. The Morgan fingerprint density at radius 3 is 2.10 bits per heavy atom. The van der Waals surface area contributed by atoms with E-state index in [0.29, 0.717) is 24.5 Å². The van der Waals surface area contributed by atoms with Crippen molar-refractivity contribution in [3.63, 3.8) is 0 Å². The van der Waals surface area contributed by atoms with Gasteiger partial charge in [0.05, 0.1) is 13.2 Å². The van der Waals surface area contributed by atoms with Crippen LogP contribution in [0, 0.1) is 0 Å². The summed E-state index contributed by atoms with van der Waals surface area (Å²) in [5.41, 5.74) is 8.81. The summed E-state index contributed by atoms with van der Waals surface area (Å²) in [6.45, 7) is 11.9. The van der Waals surface area contributed by atoms with Crippen LogP contribution in [0.3, 0.4) is 0 Å². The van der Waals surface area contributed by atoms with Crippen molar-refractivity contribution in [2.75, 3.05) is 18.9 Å². The number of benzene rings is 2. The zero-order chi connectivity index (χ0) is 21.4. The second-order valence-electron chi connectivity index (χ2n) is 8.15. The highest BCUT2D eigenvalue weighted by molar-refractivity contribution is 6.07. The first-order valence-electron chi connectivity index (χ1n) is 10.3. The molecule has 0 radical (unpaired) electrons. The van der Waals surface area contributed by atoms with Crippen molar-refractivity contribution >= 4 is 17.5 Å². The van der Waals surface area contributed by atoms with E-state index in [2.05, 4.69) is 40.7 Å². The van der Waals surface area contributed by atoms with E-state index < -0.39 is 0 Å². The molecule has 2 aromatic rings. The van der Waals surface area contributed by atoms with Crippen molar-refractivity contribution < 1.29 is 14.3 Å². The molecule has 0 spiro atoms. The third kappa shape index (κ3) is 6.38. The molecular weight excluding hydrogens is 362 g/mol. The van der Waals surface area contributed by atoms with Gasteiger partial charge >= 0.3 is 0 Å². The van der Waals surface area contributed by atoms with Gasteiger partial charge in [0.25, 0.3) is 0 Å². The molecule has 2 rings (SSSR count). The van der Waals surface area contributed by atoms with Gasteiger partial charge in [-0.3, -0.25) is 4.79 Å². The Labute approximate surface area is 174 Å². The Morgan fingerprint density at radius 1 is 0.966 bits per heavy atom. The lowest BCUT2D eigenvalue weighted by Gasteiger charge is -2.25. The van der Waals surface area contributed by atoms with Crippen LogP contribution in [0.5, 0.6) is 11.5 Å². The van der Waals surface area contributed by atoms with Crippen molar-refractivity contribution in [2.45, 2.75) is 52.9 Å². The van der Waals surface area contributed by atoms with Crippen molar-refractivity contribution in [1.29, 1.82) is 0 Å². The first-order chi connectivity index (χ1) is 13.8. The van der Waals surface area contributed by atoms with Crippen LogP contribution in [-0.4, -0.2) is 19.0 Å². The molecule has 0 saturated heterocycles. The van der Waals surface area contributed by atoms with Crippen LogP contribution < -0.4 is 15.2 Å². The number of hydrogen-bond acceptors (Lipinski definition) is 4. The Hall–Kier alpha value is -2.75. The molecule has 0 aromatic heterocycles.